The van der Waals surface area contributed by atoms with Gasteiger partial charge in [-0.2, -0.15) is 0 Å². The van der Waals surface area contributed by atoms with Crippen molar-refractivity contribution in [3.8, 4) is 5.75 Å². The van der Waals surface area contributed by atoms with E-state index in [-0.39, 0.29) is 18.6 Å². The number of ether oxygens (including phenoxy) is 1. The van der Waals surface area contributed by atoms with Crippen LogP contribution < -0.4 is 10.1 Å². The van der Waals surface area contributed by atoms with E-state index in [1.807, 2.05) is 45.0 Å². The molecule has 2 heterocycles. The molecule has 3 rings (SSSR count). The van der Waals surface area contributed by atoms with Crippen LogP contribution in [0.1, 0.15) is 41.5 Å². The Bertz CT molecular complexity index is 773. The first-order valence-corrected chi connectivity index (χ1v) is 9.78. The van der Waals surface area contributed by atoms with Crippen LogP contribution in [0.2, 0.25) is 5.02 Å². The highest BCUT2D eigenvalue weighted by molar-refractivity contribution is 6.32. The lowest BCUT2D eigenvalue weighted by molar-refractivity contribution is -0.123. The Morgan fingerprint density at radius 3 is 2.48 bits per heavy atom. The normalized spacial score (nSPS) is 15.7. The number of nitrogens with zero attached hydrogens (tertiary/aromatic N) is 1. The van der Waals surface area contributed by atoms with Crippen LogP contribution in [0.15, 0.2) is 28.7 Å². The van der Waals surface area contributed by atoms with Crippen molar-refractivity contribution in [3.63, 3.8) is 0 Å². The number of likely N-dealkylation sites (tertiary alicyclic amines) is 1. The number of carbonyl (C=O) groups is 1. The van der Waals surface area contributed by atoms with E-state index in [9.17, 15) is 4.79 Å². The first kappa shape index (κ1) is 19.8. The molecule has 1 aromatic carbocycles. The maximum atomic E-state index is 12.3. The molecule has 5 nitrogen and oxygen atoms in total. The van der Waals surface area contributed by atoms with E-state index in [0.717, 1.165) is 40.8 Å². The molecular weight excluding hydrogens is 364 g/mol. The zero-order valence-electron chi connectivity index (χ0n) is 16.2. The highest BCUT2D eigenvalue weighted by Crippen LogP contribution is 2.27. The van der Waals surface area contributed by atoms with Crippen LogP contribution in [0.4, 0.5) is 0 Å². The summed E-state index contributed by atoms with van der Waals surface area (Å²) in [5.74, 6) is 2.30. The van der Waals surface area contributed by atoms with Gasteiger partial charge in [0, 0.05) is 11.6 Å². The van der Waals surface area contributed by atoms with Gasteiger partial charge in [-0.05, 0) is 82.1 Å². The molecule has 0 saturated carbocycles. The maximum Gasteiger partial charge on any atom is 0.258 e. The summed E-state index contributed by atoms with van der Waals surface area (Å²) in [5.41, 5.74) is 1.88. The zero-order valence-corrected chi connectivity index (χ0v) is 16.9. The standard InChI is InChI=1S/C21H27ClN2O3/c1-14-10-17(11-15(2)21(14)22)26-13-20(25)23-12-18(24-8-4-5-9-24)19-7-6-16(3)27-19/h6-7,10-11,18H,4-5,8-9,12-13H2,1-3H3,(H,23,25). The van der Waals surface area contributed by atoms with Crippen LogP contribution in [0, 0.1) is 20.8 Å². The van der Waals surface area contributed by atoms with Gasteiger partial charge in [0.15, 0.2) is 6.61 Å². The van der Waals surface area contributed by atoms with E-state index in [0.29, 0.717) is 12.3 Å². The van der Waals surface area contributed by atoms with Crippen LogP contribution in [0.3, 0.4) is 0 Å². The smallest absolute Gasteiger partial charge is 0.258 e. The summed E-state index contributed by atoms with van der Waals surface area (Å²) in [6.07, 6.45) is 2.37. The number of carbonyl (C=O) groups excluding carboxylic acids is 1. The molecule has 0 bridgehead atoms. The molecule has 1 atom stereocenters. The number of furan rings is 1. The van der Waals surface area contributed by atoms with Gasteiger partial charge in [-0.1, -0.05) is 11.6 Å². The Hall–Kier alpha value is -1.98. The number of benzene rings is 1. The predicted octanol–water partition coefficient (Wildman–Crippen LogP) is 4.19. The zero-order chi connectivity index (χ0) is 19.4. The van der Waals surface area contributed by atoms with Gasteiger partial charge < -0.3 is 14.5 Å². The molecule has 2 aromatic rings. The van der Waals surface area contributed by atoms with Gasteiger partial charge >= 0.3 is 0 Å². The Kier molecular flexibility index (Phi) is 6.45. The third-order valence-corrected chi connectivity index (χ3v) is 5.54. The van der Waals surface area contributed by atoms with Crippen LogP contribution in [0.5, 0.6) is 5.75 Å². The molecule has 146 valence electrons. The summed E-state index contributed by atoms with van der Waals surface area (Å²) in [6.45, 7) is 8.33. The average Bonchev–Trinajstić information content (AvgIpc) is 3.30. The summed E-state index contributed by atoms with van der Waals surface area (Å²) < 4.78 is 11.5. The number of nitrogens with one attached hydrogen (secondary N) is 1. The molecule has 1 unspecified atom stereocenters. The van der Waals surface area contributed by atoms with Crippen molar-refractivity contribution in [2.45, 2.75) is 39.7 Å². The fraction of sp³-hybridized carbons (Fsp3) is 0.476. The van der Waals surface area contributed by atoms with E-state index in [4.69, 9.17) is 20.8 Å². The second-order valence-corrected chi connectivity index (χ2v) is 7.55. The first-order chi connectivity index (χ1) is 12.9. The second-order valence-electron chi connectivity index (χ2n) is 7.17. The molecule has 0 aliphatic carbocycles. The molecule has 0 radical (unpaired) electrons. The van der Waals surface area contributed by atoms with Crippen molar-refractivity contribution in [1.82, 2.24) is 10.2 Å². The fourth-order valence-electron chi connectivity index (χ4n) is 3.50. The highest BCUT2D eigenvalue weighted by Gasteiger charge is 2.26. The highest BCUT2D eigenvalue weighted by atomic mass is 35.5. The predicted molar refractivity (Wildman–Crippen MR) is 106 cm³/mol. The van der Waals surface area contributed by atoms with Gasteiger partial charge in [0.05, 0.1) is 6.04 Å². The molecule has 1 aliphatic heterocycles. The molecule has 1 aliphatic rings. The lowest BCUT2D eigenvalue weighted by atomic mass is 10.1. The lowest BCUT2D eigenvalue weighted by Crippen LogP contribution is -2.38. The monoisotopic (exact) mass is 390 g/mol. The summed E-state index contributed by atoms with van der Waals surface area (Å²) in [4.78, 5) is 14.7. The molecule has 1 aromatic heterocycles. The number of rotatable bonds is 7. The van der Waals surface area contributed by atoms with Crippen LogP contribution in [-0.4, -0.2) is 37.0 Å². The van der Waals surface area contributed by atoms with E-state index in [1.54, 1.807) is 0 Å². The molecular formula is C21H27ClN2O3. The largest absolute Gasteiger partial charge is 0.484 e. The molecule has 27 heavy (non-hydrogen) atoms. The van der Waals surface area contributed by atoms with E-state index in [1.165, 1.54) is 12.8 Å². The molecule has 1 amide bonds. The van der Waals surface area contributed by atoms with Crippen molar-refractivity contribution in [3.05, 3.63) is 51.9 Å². The summed E-state index contributed by atoms with van der Waals surface area (Å²) in [5, 5.41) is 3.72. The minimum absolute atomic E-state index is 0.0234. The molecule has 1 fully saturated rings. The maximum absolute atomic E-state index is 12.3. The van der Waals surface area contributed by atoms with Gasteiger partial charge in [-0.15, -0.1) is 0 Å². The molecule has 6 heteroatoms. The van der Waals surface area contributed by atoms with Crippen molar-refractivity contribution in [1.29, 1.82) is 0 Å². The SMILES string of the molecule is Cc1ccc(C(CNC(=O)COc2cc(C)c(Cl)c(C)c2)N2CCCC2)o1. The fourth-order valence-corrected chi connectivity index (χ4v) is 3.60. The number of aryl methyl sites for hydroxylation is 3. The van der Waals surface area contributed by atoms with Crippen molar-refractivity contribution in [2.75, 3.05) is 26.2 Å². The first-order valence-electron chi connectivity index (χ1n) is 9.40. The second kappa shape index (κ2) is 8.81. The summed E-state index contributed by atoms with van der Waals surface area (Å²) in [6, 6.07) is 7.72. The molecule has 0 spiro atoms. The van der Waals surface area contributed by atoms with Gasteiger partial charge in [0.1, 0.15) is 17.3 Å². The average molecular weight is 391 g/mol. The van der Waals surface area contributed by atoms with Crippen LogP contribution in [0.25, 0.3) is 0 Å². The van der Waals surface area contributed by atoms with Crippen LogP contribution in [-0.2, 0) is 4.79 Å². The Labute approximate surface area is 165 Å². The van der Waals surface area contributed by atoms with Crippen LogP contribution >= 0.6 is 11.6 Å². The topological polar surface area (TPSA) is 54.7 Å². The number of hydrogen-bond donors (Lipinski definition) is 1. The number of amides is 1. The van der Waals surface area contributed by atoms with E-state index in [2.05, 4.69) is 10.2 Å². The minimum Gasteiger partial charge on any atom is -0.484 e. The Morgan fingerprint density at radius 1 is 1.22 bits per heavy atom. The summed E-state index contributed by atoms with van der Waals surface area (Å²) >= 11 is 6.17. The van der Waals surface area contributed by atoms with Crippen molar-refractivity contribution in [2.24, 2.45) is 0 Å². The molecule has 1 saturated heterocycles. The lowest BCUT2D eigenvalue weighted by Gasteiger charge is -2.26. The third kappa shape index (κ3) is 5.05. The van der Waals surface area contributed by atoms with E-state index >= 15 is 0 Å². The van der Waals surface area contributed by atoms with Crippen molar-refractivity contribution >= 4 is 17.5 Å². The van der Waals surface area contributed by atoms with Gasteiger partial charge in [0.2, 0.25) is 0 Å². The molecule has 1 N–H and O–H groups in total. The Morgan fingerprint density at radius 2 is 1.89 bits per heavy atom. The van der Waals surface area contributed by atoms with Gasteiger partial charge in [0.25, 0.3) is 5.91 Å². The van der Waals surface area contributed by atoms with Gasteiger partial charge in [-0.25, -0.2) is 0 Å². The summed E-state index contributed by atoms with van der Waals surface area (Å²) in [7, 11) is 0. The number of hydrogen-bond acceptors (Lipinski definition) is 4. The van der Waals surface area contributed by atoms with Gasteiger partial charge in [-0.3, -0.25) is 9.69 Å². The quantitative estimate of drug-likeness (QED) is 0.770. The number of halogens is 1. The minimum atomic E-state index is -0.146. The third-order valence-electron chi connectivity index (χ3n) is 4.94. The van der Waals surface area contributed by atoms with E-state index < -0.39 is 0 Å². The Balaban J connectivity index is 1.56. The van der Waals surface area contributed by atoms with Crippen molar-refractivity contribution < 1.29 is 13.9 Å².